The van der Waals surface area contributed by atoms with E-state index >= 15 is 0 Å². The van der Waals surface area contributed by atoms with Crippen LogP contribution in [0.5, 0.6) is 0 Å². The van der Waals surface area contributed by atoms with Gasteiger partial charge in [0.15, 0.2) is 0 Å². The summed E-state index contributed by atoms with van der Waals surface area (Å²) < 4.78 is 25.7. The van der Waals surface area contributed by atoms with Crippen molar-refractivity contribution in [2.45, 2.75) is 19.4 Å². The first-order valence-electron chi connectivity index (χ1n) is 4.98. The maximum absolute atomic E-state index is 13.2. The number of carbonyl (C=O) groups excluding carboxylic acids is 1. The molecule has 1 aromatic rings. The van der Waals surface area contributed by atoms with Crippen molar-refractivity contribution >= 4 is 5.91 Å². The van der Waals surface area contributed by atoms with Crippen molar-refractivity contribution in [1.29, 1.82) is 0 Å². The third-order valence-electron chi connectivity index (χ3n) is 2.12. The van der Waals surface area contributed by atoms with Gasteiger partial charge in [0, 0.05) is 12.6 Å². The molecule has 0 saturated heterocycles. The zero-order chi connectivity index (χ0) is 12.1. The Labute approximate surface area is 92.6 Å². The van der Waals surface area contributed by atoms with Gasteiger partial charge < -0.3 is 11.1 Å². The molecule has 0 heterocycles. The Balaban J connectivity index is 2.46. The van der Waals surface area contributed by atoms with Gasteiger partial charge in [-0.25, -0.2) is 8.78 Å². The largest absolute Gasteiger partial charge is 0.354 e. The van der Waals surface area contributed by atoms with Gasteiger partial charge in [0.05, 0.1) is 6.04 Å². The number of nitrogens with one attached hydrogen (secondary N) is 1. The average Bonchev–Trinajstić information content (AvgIpc) is 2.20. The van der Waals surface area contributed by atoms with Crippen LogP contribution in [0.15, 0.2) is 18.2 Å². The highest BCUT2D eigenvalue weighted by Crippen LogP contribution is 2.09. The summed E-state index contributed by atoms with van der Waals surface area (Å²) in [6.07, 6.45) is 0.310. The van der Waals surface area contributed by atoms with Gasteiger partial charge in [-0.3, -0.25) is 4.79 Å². The molecule has 0 aromatic heterocycles. The molecule has 1 rings (SSSR count). The molecule has 1 unspecified atom stereocenters. The maximum Gasteiger partial charge on any atom is 0.236 e. The summed E-state index contributed by atoms with van der Waals surface area (Å²) in [5.74, 6) is -1.50. The molecule has 0 bridgehead atoms. The predicted molar refractivity (Wildman–Crippen MR) is 56.7 cm³/mol. The van der Waals surface area contributed by atoms with E-state index in [9.17, 15) is 13.6 Å². The van der Waals surface area contributed by atoms with Crippen LogP contribution in [-0.4, -0.2) is 18.5 Å². The first-order chi connectivity index (χ1) is 7.50. The van der Waals surface area contributed by atoms with Crippen molar-refractivity contribution in [3.63, 3.8) is 0 Å². The highest BCUT2D eigenvalue weighted by Gasteiger charge is 2.07. The van der Waals surface area contributed by atoms with Gasteiger partial charge in [-0.2, -0.15) is 0 Å². The highest BCUT2D eigenvalue weighted by molar-refractivity contribution is 5.80. The lowest BCUT2D eigenvalue weighted by Gasteiger charge is -2.08. The third-order valence-corrected chi connectivity index (χ3v) is 2.12. The first kappa shape index (κ1) is 12.6. The molecule has 0 aliphatic carbocycles. The van der Waals surface area contributed by atoms with Crippen LogP contribution in [0.4, 0.5) is 8.78 Å². The Kier molecular flexibility index (Phi) is 4.37. The second-order valence-corrected chi connectivity index (χ2v) is 3.57. The normalized spacial score (nSPS) is 12.2. The summed E-state index contributed by atoms with van der Waals surface area (Å²) in [6.45, 7) is 1.84. The van der Waals surface area contributed by atoms with Crippen LogP contribution in [0.1, 0.15) is 12.5 Å². The molecule has 3 N–H and O–H groups in total. The van der Waals surface area contributed by atoms with Gasteiger partial charge in [0.1, 0.15) is 11.6 Å². The summed E-state index contributed by atoms with van der Waals surface area (Å²) in [5, 5.41) is 2.55. The molecule has 0 aliphatic heterocycles. The van der Waals surface area contributed by atoms with Gasteiger partial charge in [0.25, 0.3) is 0 Å². The first-order valence-corrected chi connectivity index (χ1v) is 4.98. The second-order valence-electron chi connectivity index (χ2n) is 3.57. The molecule has 0 saturated carbocycles. The number of rotatable bonds is 4. The highest BCUT2D eigenvalue weighted by atomic mass is 19.1. The number of hydrogen-bond acceptors (Lipinski definition) is 2. The van der Waals surface area contributed by atoms with E-state index in [0.29, 0.717) is 12.0 Å². The SMILES string of the molecule is CC(N)C(=O)NCCc1ccc(F)cc1F. The topological polar surface area (TPSA) is 55.1 Å². The Morgan fingerprint density at radius 1 is 1.50 bits per heavy atom. The summed E-state index contributed by atoms with van der Waals surface area (Å²) in [5.41, 5.74) is 5.70. The van der Waals surface area contributed by atoms with Crippen LogP contribution in [0.25, 0.3) is 0 Å². The summed E-state index contributed by atoms with van der Waals surface area (Å²) in [4.78, 5) is 11.1. The minimum atomic E-state index is -0.610. The van der Waals surface area contributed by atoms with E-state index in [1.165, 1.54) is 12.1 Å². The van der Waals surface area contributed by atoms with E-state index in [-0.39, 0.29) is 12.5 Å². The molecule has 1 aromatic carbocycles. The van der Waals surface area contributed by atoms with Gasteiger partial charge in [-0.05, 0) is 25.0 Å². The van der Waals surface area contributed by atoms with Crippen molar-refractivity contribution in [2.24, 2.45) is 5.73 Å². The summed E-state index contributed by atoms with van der Waals surface area (Å²) >= 11 is 0. The minimum absolute atomic E-state index is 0.281. The molecule has 3 nitrogen and oxygen atoms in total. The van der Waals surface area contributed by atoms with Crippen LogP contribution in [0.2, 0.25) is 0 Å². The molecule has 88 valence electrons. The van der Waals surface area contributed by atoms with E-state index in [0.717, 1.165) is 6.07 Å². The molecule has 0 aliphatic rings. The monoisotopic (exact) mass is 228 g/mol. The number of hydrogen-bond donors (Lipinski definition) is 2. The summed E-state index contributed by atoms with van der Waals surface area (Å²) in [7, 11) is 0. The zero-order valence-corrected chi connectivity index (χ0v) is 8.97. The Bertz CT molecular complexity index is 380. The molecule has 0 spiro atoms. The lowest BCUT2D eigenvalue weighted by molar-refractivity contribution is -0.121. The third kappa shape index (κ3) is 3.58. The van der Waals surface area contributed by atoms with E-state index in [1.807, 2.05) is 0 Å². The number of amides is 1. The second kappa shape index (κ2) is 5.55. The maximum atomic E-state index is 13.2. The van der Waals surface area contributed by atoms with E-state index in [1.54, 1.807) is 6.92 Å². The molecular formula is C11H14F2N2O. The predicted octanol–water partition coefficient (Wildman–Crippen LogP) is 0.971. The average molecular weight is 228 g/mol. The van der Waals surface area contributed by atoms with Crippen molar-refractivity contribution < 1.29 is 13.6 Å². The molecule has 0 fully saturated rings. The van der Waals surface area contributed by atoms with Gasteiger partial charge in [0.2, 0.25) is 5.91 Å². The molecule has 1 atom stereocenters. The van der Waals surface area contributed by atoms with Crippen molar-refractivity contribution in [3.8, 4) is 0 Å². The summed E-state index contributed by atoms with van der Waals surface area (Å²) in [6, 6.07) is 2.79. The molecule has 16 heavy (non-hydrogen) atoms. The molecular weight excluding hydrogens is 214 g/mol. The van der Waals surface area contributed by atoms with Crippen molar-refractivity contribution in [3.05, 3.63) is 35.4 Å². The fourth-order valence-electron chi connectivity index (χ4n) is 1.21. The van der Waals surface area contributed by atoms with Crippen LogP contribution in [0, 0.1) is 11.6 Å². The molecule has 5 heteroatoms. The minimum Gasteiger partial charge on any atom is -0.354 e. The lowest BCUT2D eigenvalue weighted by atomic mass is 10.1. The quantitative estimate of drug-likeness (QED) is 0.806. The van der Waals surface area contributed by atoms with E-state index < -0.39 is 17.7 Å². The number of halogens is 2. The van der Waals surface area contributed by atoms with Crippen LogP contribution < -0.4 is 11.1 Å². The fourth-order valence-corrected chi connectivity index (χ4v) is 1.21. The van der Waals surface area contributed by atoms with Crippen LogP contribution >= 0.6 is 0 Å². The number of carbonyl (C=O) groups is 1. The molecule has 1 amide bonds. The van der Waals surface area contributed by atoms with Crippen molar-refractivity contribution in [2.75, 3.05) is 6.54 Å². The van der Waals surface area contributed by atoms with Gasteiger partial charge in [-0.15, -0.1) is 0 Å². The Morgan fingerprint density at radius 3 is 2.75 bits per heavy atom. The van der Waals surface area contributed by atoms with Gasteiger partial charge in [-0.1, -0.05) is 6.07 Å². The van der Waals surface area contributed by atoms with Crippen LogP contribution in [-0.2, 0) is 11.2 Å². The molecule has 0 radical (unpaired) electrons. The Morgan fingerprint density at radius 2 is 2.19 bits per heavy atom. The smallest absolute Gasteiger partial charge is 0.236 e. The number of nitrogens with two attached hydrogens (primary N) is 1. The van der Waals surface area contributed by atoms with E-state index in [4.69, 9.17) is 5.73 Å². The van der Waals surface area contributed by atoms with Crippen molar-refractivity contribution in [1.82, 2.24) is 5.32 Å². The van der Waals surface area contributed by atoms with E-state index in [2.05, 4.69) is 5.32 Å². The standard InChI is InChI=1S/C11H14F2N2O/c1-7(14)11(16)15-5-4-8-2-3-9(12)6-10(8)13/h2-3,6-7H,4-5,14H2,1H3,(H,15,16). The fraction of sp³-hybridized carbons (Fsp3) is 0.364. The van der Waals surface area contributed by atoms with Crippen LogP contribution in [0.3, 0.4) is 0 Å². The lowest BCUT2D eigenvalue weighted by Crippen LogP contribution is -2.39. The zero-order valence-electron chi connectivity index (χ0n) is 8.97. The number of benzene rings is 1. The van der Waals surface area contributed by atoms with Gasteiger partial charge >= 0.3 is 0 Å². The Hall–Kier alpha value is -1.49.